The zero-order valence-corrected chi connectivity index (χ0v) is 7.05. The van der Waals surface area contributed by atoms with Crippen LogP contribution in [0.5, 0.6) is 0 Å². The Morgan fingerprint density at radius 1 is 1.29 bits per heavy atom. The van der Waals surface area contributed by atoms with E-state index >= 15 is 0 Å². The van der Waals surface area contributed by atoms with Crippen LogP contribution in [0, 0.1) is 11.3 Å². The summed E-state index contributed by atoms with van der Waals surface area (Å²) < 4.78 is 36.6. The minimum absolute atomic E-state index is 0.362. The van der Waals surface area contributed by atoms with Crippen molar-refractivity contribution < 1.29 is 13.2 Å². The molecule has 0 saturated heterocycles. The summed E-state index contributed by atoms with van der Waals surface area (Å²) in [7, 11) is 0. The van der Waals surface area contributed by atoms with E-state index in [-0.39, 0.29) is 0 Å². The minimum Gasteiger partial charge on any atom is -0.193 e. The highest BCUT2D eigenvalue weighted by atomic mass is 19.4. The third kappa shape index (κ3) is 2.63. The second kappa shape index (κ2) is 3.97. The molecule has 1 aromatic rings. The normalized spacial score (nSPS) is 11.6. The quantitative estimate of drug-likeness (QED) is 0.634. The van der Waals surface area contributed by atoms with Crippen molar-refractivity contribution in [3.05, 3.63) is 41.5 Å². The molecule has 0 heterocycles. The molecule has 0 N–H and O–H groups in total. The first-order chi connectivity index (χ1) is 6.54. The second-order valence-electron chi connectivity index (χ2n) is 2.59. The zero-order chi connectivity index (χ0) is 10.6. The molecule has 0 aliphatic heterocycles. The molecule has 1 aromatic carbocycles. The van der Waals surface area contributed by atoms with Crippen LogP contribution in [0.1, 0.15) is 11.1 Å². The molecule has 0 radical (unpaired) electrons. The lowest BCUT2D eigenvalue weighted by Crippen LogP contribution is -2.04. The van der Waals surface area contributed by atoms with Gasteiger partial charge in [0.1, 0.15) is 0 Å². The van der Waals surface area contributed by atoms with Crippen molar-refractivity contribution >= 4 is 6.08 Å². The van der Waals surface area contributed by atoms with Gasteiger partial charge in [-0.1, -0.05) is 12.1 Å². The van der Waals surface area contributed by atoms with Crippen molar-refractivity contribution in [3.8, 4) is 6.07 Å². The summed E-state index contributed by atoms with van der Waals surface area (Å²) in [5.74, 6) is 0. The van der Waals surface area contributed by atoms with Crippen LogP contribution >= 0.6 is 0 Å². The van der Waals surface area contributed by atoms with Gasteiger partial charge in [-0.05, 0) is 23.8 Å². The highest BCUT2D eigenvalue weighted by Crippen LogP contribution is 2.29. The van der Waals surface area contributed by atoms with Gasteiger partial charge < -0.3 is 0 Å². The molecule has 1 nitrogen and oxygen atoms in total. The molecule has 0 saturated carbocycles. The van der Waals surface area contributed by atoms with Crippen molar-refractivity contribution in [3.63, 3.8) is 0 Å². The van der Waals surface area contributed by atoms with Gasteiger partial charge in [0, 0.05) is 6.08 Å². The van der Waals surface area contributed by atoms with Crippen LogP contribution in [0.3, 0.4) is 0 Å². The van der Waals surface area contributed by atoms with Gasteiger partial charge in [0.15, 0.2) is 0 Å². The molecule has 0 aliphatic rings. The van der Waals surface area contributed by atoms with E-state index in [0.29, 0.717) is 5.56 Å². The van der Waals surface area contributed by atoms with Crippen LogP contribution in [0.2, 0.25) is 0 Å². The van der Waals surface area contributed by atoms with Gasteiger partial charge in [0.05, 0.1) is 11.6 Å². The van der Waals surface area contributed by atoms with E-state index < -0.39 is 11.7 Å². The van der Waals surface area contributed by atoms with Gasteiger partial charge in [-0.3, -0.25) is 0 Å². The number of halogens is 3. The first-order valence-corrected chi connectivity index (χ1v) is 3.77. The Kier molecular flexibility index (Phi) is 2.92. The third-order valence-electron chi connectivity index (χ3n) is 1.56. The predicted molar refractivity (Wildman–Crippen MR) is 46.1 cm³/mol. The standard InChI is InChI=1S/C10H6F3N/c11-10(12,13)9-5-1-3-8(7-9)4-2-6-14/h1-5,7H/b4-2-. The Morgan fingerprint density at radius 2 is 2.00 bits per heavy atom. The van der Waals surface area contributed by atoms with Crippen molar-refractivity contribution in [2.24, 2.45) is 0 Å². The summed E-state index contributed by atoms with van der Waals surface area (Å²) >= 11 is 0. The maximum absolute atomic E-state index is 12.2. The summed E-state index contributed by atoms with van der Waals surface area (Å²) in [5, 5.41) is 8.20. The van der Waals surface area contributed by atoms with Crippen LogP contribution in [0.15, 0.2) is 30.3 Å². The molecule has 14 heavy (non-hydrogen) atoms. The Hall–Kier alpha value is -1.76. The molecular formula is C10H6F3N. The topological polar surface area (TPSA) is 23.8 Å². The fraction of sp³-hybridized carbons (Fsp3) is 0.100. The molecule has 0 bridgehead atoms. The summed E-state index contributed by atoms with van der Waals surface area (Å²) in [6.45, 7) is 0. The molecular weight excluding hydrogens is 191 g/mol. The van der Waals surface area contributed by atoms with E-state index in [1.165, 1.54) is 18.2 Å². The number of hydrogen-bond donors (Lipinski definition) is 0. The number of benzene rings is 1. The summed E-state index contributed by atoms with van der Waals surface area (Å²) in [5.41, 5.74) is -0.348. The van der Waals surface area contributed by atoms with Gasteiger partial charge in [-0.25, -0.2) is 0 Å². The molecule has 0 amide bonds. The highest BCUT2D eigenvalue weighted by molar-refractivity contribution is 5.52. The smallest absolute Gasteiger partial charge is 0.193 e. The van der Waals surface area contributed by atoms with Crippen molar-refractivity contribution in [2.75, 3.05) is 0 Å². The Morgan fingerprint density at radius 3 is 2.57 bits per heavy atom. The molecule has 72 valence electrons. The van der Waals surface area contributed by atoms with Crippen LogP contribution in [0.4, 0.5) is 13.2 Å². The lowest BCUT2D eigenvalue weighted by atomic mass is 10.1. The van der Waals surface area contributed by atoms with Crippen LogP contribution in [-0.4, -0.2) is 0 Å². The van der Waals surface area contributed by atoms with E-state index in [9.17, 15) is 13.2 Å². The van der Waals surface area contributed by atoms with E-state index in [0.717, 1.165) is 18.2 Å². The van der Waals surface area contributed by atoms with Crippen molar-refractivity contribution in [1.29, 1.82) is 5.26 Å². The van der Waals surface area contributed by atoms with Crippen molar-refractivity contribution in [1.82, 2.24) is 0 Å². The molecule has 4 heteroatoms. The first kappa shape index (κ1) is 10.3. The number of rotatable bonds is 1. The number of alkyl halides is 3. The van der Waals surface area contributed by atoms with Gasteiger partial charge >= 0.3 is 6.18 Å². The Bertz CT molecular complexity index is 385. The van der Waals surface area contributed by atoms with Gasteiger partial charge in [-0.2, -0.15) is 18.4 Å². The maximum Gasteiger partial charge on any atom is 0.416 e. The van der Waals surface area contributed by atoms with Gasteiger partial charge in [0.25, 0.3) is 0 Å². The van der Waals surface area contributed by atoms with E-state index in [2.05, 4.69) is 0 Å². The number of allylic oxidation sites excluding steroid dienone is 1. The zero-order valence-electron chi connectivity index (χ0n) is 7.05. The summed E-state index contributed by atoms with van der Waals surface area (Å²) in [6.07, 6.45) is -1.87. The second-order valence-corrected chi connectivity index (χ2v) is 2.59. The fourth-order valence-electron chi connectivity index (χ4n) is 0.952. The largest absolute Gasteiger partial charge is 0.416 e. The van der Waals surface area contributed by atoms with Gasteiger partial charge in [-0.15, -0.1) is 0 Å². The Balaban J connectivity index is 3.03. The molecule has 0 atom stereocenters. The van der Waals surface area contributed by atoms with Crippen molar-refractivity contribution in [2.45, 2.75) is 6.18 Å². The van der Waals surface area contributed by atoms with E-state index in [4.69, 9.17) is 5.26 Å². The van der Waals surface area contributed by atoms with Crippen LogP contribution < -0.4 is 0 Å². The minimum atomic E-state index is -4.34. The molecule has 1 rings (SSSR count). The van der Waals surface area contributed by atoms with E-state index in [1.807, 2.05) is 0 Å². The van der Waals surface area contributed by atoms with Gasteiger partial charge in [0.2, 0.25) is 0 Å². The van der Waals surface area contributed by atoms with Crippen LogP contribution in [-0.2, 0) is 6.18 Å². The Labute approximate surface area is 79.1 Å². The third-order valence-corrected chi connectivity index (χ3v) is 1.56. The summed E-state index contributed by atoms with van der Waals surface area (Å²) in [6, 6.07) is 6.50. The predicted octanol–water partition coefficient (Wildman–Crippen LogP) is 3.24. The average molecular weight is 197 g/mol. The lowest BCUT2D eigenvalue weighted by molar-refractivity contribution is -0.137. The number of hydrogen-bond acceptors (Lipinski definition) is 1. The number of nitriles is 1. The molecule has 0 aliphatic carbocycles. The molecule has 0 aromatic heterocycles. The monoisotopic (exact) mass is 197 g/mol. The van der Waals surface area contributed by atoms with Crippen LogP contribution in [0.25, 0.3) is 6.08 Å². The fourth-order valence-corrected chi connectivity index (χ4v) is 0.952. The lowest BCUT2D eigenvalue weighted by Gasteiger charge is -2.06. The van der Waals surface area contributed by atoms with E-state index in [1.54, 1.807) is 6.07 Å². The summed E-state index contributed by atoms with van der Waals surface area (Å²) in [4.78, 5) is 0. The maximum atomic E-state index is 12.2. The number of nitrogens with zero attached hydrogens (tertiary/aromatic N) is 1. The molecule has 0 fully saturated rings. The molecule has 0 unspecified atom stereocenters. The average Bonchev–Trinajstić information content (AvgIpc) is 2.14. The highest BCUT2D eigenvalue weighted by Gasteiger charge is 2.30. The first-order valence-electron chi connectivity index (χ1n) is 3.77. The SMILES string of the molecule is N#C/C=C\c1cccc(C(F)(F)F)c1. The molecule has 0 spiro atoms.